The summed E-state index contributed by atoms with van der Waals surface area (Å²) in [5, 5.41) is 0. The van der Waals surface area contributed by atoms with Crippen molar-refractivity contribution >= 4 is 17.7 Å². The van der Waals surface area contributed by atoms with Crippen LogP contribution in [-0.2, 0) is 16.1 Å². The Bertz CT molecular complexity index is 624. The molecule has 2 heterocycles. The first kappa shape index (κ1) is 15.5. The fourth-order valence-electron chi connectivity index (χ4n) is 4.67. The third kappa shape index (κ3) is 2.60. The standard InChI is InChI=1S/C19H25NO2S/c1-13-8-14(5-6-17(13)23-2)12-22-16-10-19(11-16)9-15-4-3-7-20(15)18(19)21/h5-6,8,15-16H,3-4,7,9-12H2,1-2H3. The Labute approximate surface area is 142 Å². The molecular weight excluding hydrogens is 306 g/mol. The fourth-order valence-corrected chi connectivity index (χ4v) is 5.26. The van der Waals surface area contributed by atoms with Crippen LogP contribution in [0.3, 0.4) is 0 Å². The van der Waals surface area contributed by atoms with E-state index in [0.717, 1.165) is 25.8 Å². The van der Waals surface area contributed by atoms with E-state index in [1.54, 1.807) is 11.8 Å². The average Bonchev–Trinajstić information content (AvgIpc) is 3.05. The molecule has 2 aliphatic heterocycles. The van der Waals surface area contributed by atoms with E-state index in [2.05, 4.69) is 36.3 Å². The predicted octanol–water partition coefficient (Wildman–Crippen LogP) is 3.78. The Morgan fingerprint density at radius 2 is 2.17 bits per heavy atom. The first-order valence-corrected chi connectivity index (χ1v) is 9.90. The van der Waals surface area contributed by atoms with Crippen molar-refractivity contribution in [3.8, 4) is 0 Å². The van der Waals surface area contributed by atoms with Crippen LogP contribution in [0.15, 0.2) is 23.1 Å². The summed E-state index contributed by atoms with van der Waals surface area (Å²) >= 11 is 1.78. The molecular formula is C19H25NO2S. The number of nitrogens with zero attached hydrogens (tertiary/aromatic N) is 1. The molecule has 1 aliphatic carbocycles. The highest BCUT2D eigenvalue weighted by atomic mass is 32.2. The Morgan fingerprint density at radius 1 is 1.35 bits per heavy atom. The van der Waals surface area contributed by atoms with Gasteiger partial charge in [-0.15, -0.1) is 11.8 Å². The maximum Gasteiger partial charge on any atom is 0.229 e. The van der Waals surface area contributed by atoms with E-state index in [4.69, 9.17) is 4.74 Å². The number of rotatable bonds is 4. The van der Waals surface area contributed by atoms with Gasteiger partial charge in [-0.1, -0.05) is 12.1 Å². The molecule has 1 saturated carbocycles. The van der Waals surface area contributed by atoms with Crippen molar-refractivity contribution in [3.05, 3.63) is 29.3 Å². The summed E-state index contributed by atoms with van der Waals surface area (Å²) in [6.45, 7) is 3.80. The van der Waals surface area contributed by atoms with Gasteiger partial charge in [-0.3, -0.25) is 4.79 Å². The normalized spacial score (nSPS) is 32.4. The smallest absolute Gasteiger partial charge is 0.229 e. The van der Waals surface area contributed by atoms with Gasteiger partial charge in [0.25, 0.3) is 0 Å². The monoisotopic (exact) mass is 331 g/mol. The third-order valence-electron chi connectivity index (χ3n) is 5.90. The summed E-state index contributed by atoms with van der Waals surface area (Å²) in [5.74, 6) is 0.417. The zero-order valence-corrected chi connectivity index (χ0v) is 14.8. The molecule has 3 nitrogen and oxygen atoms in total. The lowest BCUT2D eigenvalue weighted by Crippen LogP contribution is -2.47. The Morgan fingerprint density at radius 3 is 2.87 bits per heavy atom. The van der Waals surface area contributed by atoms with Crippen LogP contribution < -0.4 is 0 Å². The van der Waals surface area contributed by atoms with Crippen molar-refractivity contribution in [2.24, 2.45) is 5.41 Å². The quantitative estimate of drug-likeness (QED) is 0.787. The number of thioether (sulfide) groups is 1. The molecule has 3 fully saturated rings. The highest BCUT2D eigenvalue weighted by Crippen LogP contribution is 2.54. The van der Waals surface area contributed by atoms with Gasteiger partial charge in [0.05, 0.1) is 18.1 Å². The van der Waals surface area contributed by atoms with Crippen molar-refractivity contribution in [2.45, 2.75) is 62.7 Å². The molecule has 1 aromatic carbocycles. The molecule has 1 unspecified atom stereocenters. The molecule has 0 aromatic heterocycles. The second-order valence-corrected chi connectivity index (χ2v) is 8.27. The lowest BCUT2D eigenvalue weighted by atomic mass is 9.64. The summed E-state index contributed by atoms with van der Waals surface area (Å²) in [6, 6.07) is 7.09. The van der Waals surface area contributed by atoms with Gasteiger partial charge in [0.2, 0.25) is 5.91 Å². The second kappa shape index (κ2) is 5.82. The van der Waals surface area contributed by atoms with Crippen LogP contribution in [0.1, 0.15) is 43.2 Å². The lowest BCUT2D eigenvalue weighted by molar-refractivity contribution is -0.152. The number of carbonyl (C=O) groups excluding carboxylic acids is 1. The molecule has 1 amide bonds. The van der Waals surface area contributed by atoms with Crippen molar-refractivity contribution in [2.75, 3.05) is 12.8 Å². The van der Waals surface area contributed by atoms with E-state index < -0.39 is 0 Å². The van der Waals surface area contributed by atoms with Crippen molar-refractivity contribution in [1.29, 1.82) is 0 Å². The minimum absolute atomic E-state index is 0.0611. The zero-order chi connectivity index (χ0) is 16.0. The topological polar surface area (TPSA) is 29.5 Å². The van der Waals surface area contributed by atoms with Gasteiger partial charge >= 0.3 is 0 Å². The maximum absolute atomic E-state index is 12.6. The molecule has 124 valence electrons. The van der Waals surface area contributed by atoms with Gasteiger partial charge in [-0.2, -0.15) is 0 Å². The Balaban J connectivity index is 1.31. The van der Waals surface area contributed by atoms with E-state index in [1.807, 2.05) is 0 Å². The Kier molecular flexibility index (Phi) is 3.93. The van der Waals surface area contributed by atoms with Crippen molar-refractivity contribution in [3.63, 3.8) is 0 Å². The fraction of sp³-hybridized carbons (Fsp3) is 0.632. The number of hydrogen-bond acceptors (Lipinski definition) is 3. The summed E-state index contributed by atoms with van der Waals surface area (Å²) < 4.78 is 6.07. The summed E-state index contributed by atoms with van der Waals surface area (Å²) in [4.78, 5) is 16.1. The molecule has 0 radical (unpaired) electrons. The number of aryl methyl sites for hydroxylation is 1. The number of ether oxygens (including phenoxy) is 1. The van der Waals surface area contributed by atoms with Gasteiger partial charge in [0.1, 0.15) is 0 Å². The minimum atomic E-state index is -0.0611. The van der Waals surface area contributed by atoms with E-state index in [9.17, 15) is 4.79 Å². The highest BCUT2D eigenvalue weighted by molar-refractivity contribution is 7.98. The van der Waals surface area contributed by atoms with Gasteiger partial charge in [0, 0.05) is 17.5 Å². The van der Waals surface area contributed by atoms with Crippen LogP contribution in [0.5, 0.6) is 0 Å². The second-order valence-electron chi connectivity index (χ2n) is 7.42. The van der Waals surface area contributed by atoms with Crippen LogP contribution in [0.2, 0.25) is 0 Å². The van der Waals surface area contributed by atoms with Crippen molar-refractivity contribution < 1.29 is 9.53 Å². The molecule has 4 rings (SSSR count). The van der Waals surface area contributed by atoms with Crippen LogP contribution >= 0.6 is 11.8 Å². The van der Waals surface area contributed by atoms with E-state index in [1.165, 1.54) is 28.9 Å². The molecule has 3 aliphatic rings. The predicted molar refractivity (Wildman–Crippen MR) is 92.6 cm³/mol. The van der Waals surface area contributed by atoms with Crippen LogP contribution in [0.4, 0.5) is 0 Å². The molecule has 23 heavy (non-hydrogen) atoms. The largest absolute Gasteiger partial charge is 0.373 e. The van der Waals surface area contributed by atoms with Gasteiger partial charge in [-0.25, -0.2) is 0 Å². The SMILES string of the molecule is CSc1ccc(COC2CC3(C2)CC2CCCN2C3=O)cc1C. The molecule has 1 spiro atoms. The first-order chi connectivity index (χ1) is 11.1. The van der Waals surface area contributed by atoms with Crippen LogP contribution in [-0.4, -0.2) is 35.8 Å². The van der Waals surface area contributed by atoms with Crippen molar-refractivity contribution in [1.82, 2.24) is 4.90 Å². The molecule has 1 aromatic rings. The minimum Gasteiger partial charge on any atom is -0.373 e. The maximum atomic E-state index is 12.6. The molecule has 2 saturated heterocycles. The van der Waals surface area contributed by atoms with E-state index in [0.29, 0.717) is 18.6 Å². The van der Waals surface area contributed by atoms with Gasteiger partial charge in [-0.05, 0) is 62.5 Å². The first-order valence-electron chi connectivity index (χ1n) is 8.67. The molecule has 1 atom stereocenters. The summed E-state index contributed by atoms with van der Waals surface area (Å²) in [6.07, 6.45) is 7.71. The summed E-state index contributed by atoms with van der Waals surface area (Å²) in [7, 11) is 0. The van der Waals surface area contributed by atoms with E-state index in [-0.39, 0.29) is 11.5 Å². The summed E-state index contributed by atoms with van der Waals surface area (Å²) in [5.41, 5.74) is 2.49. The third-order valence-corrected chi connectivity index (χ3v) is 6.80. The lowest BCUT2D eigenvalue weighted by Gasteiger charge is -2.43. The highest BCUT2D eigenvalue weighted by Gasteiger charge is 2.59. The molecule has 0 N–H and O–H groups in total. The number of carbonyl (C=O) groups is 1. The molecule has 0 bridgehead atoms. The Hall–Kier alpha value is -1.00. The number of fused-ring (bicyclic) bond motifs is 1. The number of hydrogen-bond donors (Lipinski definition) is 0. The van der Waals surface area contributed by atoms with Crippen LogP contribution in [0, 0.1) is 12.3 Å². The molecule has 4 heteroatoms. The van der Waals surface area contributed by atoms with Gasteiger partial charge < -0.3 is 9.64 Å². The van der Waals surface area contributed by atoms with Gasteiger partial charge in [0.15, 0.2) is 0 Å². The zero-order valence-electron chi connectivity index (χ0n) is 14.0. The number of benzene rings is 1. The number of amides is 1. The van der Waals surface area contributed by atoms with Crippen LogP contribution in [0.25, 0.3) is 0 Å². The van der Waals surface area contributed by atoms with E-state index >= 15 is 0 Å². The average molecular weight is 331 g/mol.